The van der Waals surface area contributed by atoms with Crippen molar-refractivity contribution in [2.75, 3.05) is 16.4 Å². The van der Waals surface area contributed by atoms with Crippen molar-refractivity contribution in [3.63, 3.8) is 0 Å². The van der Waals surface area contributed by atoms with E-state index in [1.54, 1.807) is 0 Å². The Balaban J connectivity index is 1.43. The smallest absolute Gasteiger partial charge is 0.234 e. The van der Waals surface area contributed by atoms with Crippen molar-refractivity contribution in [2.24, 2.45) is 0 Å². The molecule has 10 heteroatoms. The lowest BCUT2D eigenvalue weighted by Crippen LogP contribution is -2.15. The number of nitrogens with one attached hydrogen (secondary N) is 2. The minimum Gasteiger partial charge on any atom is -0.323 e. The number of amides is 2. The summed E-state index contributed by atoms with van der Waals surface area (Å²) in [5.74, 6) is -2.25. The van der Waals surface area contributed by atoms with E-state index in [2.05, 4.69) is 20.8 Å². The van der Waals surface area contributed by atoms with Crippen LogP contribution < -0.4 is 10.6 Å². The second-order valence-electron chi connectivity index (χ2n) is 5.87. The SMILES string of the molecule is O=C(CCc1ccccc1)Nc1nnc(SCC(=O)Nc2ccc(F)cc2F)s1. The van der Waals surface area contributed by atoms with E-state index in [1.807, 2.05) is 30.3 Å². The molecule has 1 aromatic heterocycles. The van der Waals surface area contributed by atoms with Gasteiger partial charge in [0.05, 0.1) is 11.4 Å². The van der Waals surface area contributed by atoms with Gasteiger partial charge in [0.2, 0.25) is 16.9 Å². The number of carbonyl (C=O) groups is 2. The van der Waals surface area contributed by atoms with Gasteiger partial charge in [-0.05, 0) is 24.1 Å². The highest BCUT2D eigenvalue weighted by Gasteiger charge is 2.12. The number of aromatic nitrogens is 2. The number of carbonyl (C=O) groups excluding carboxylic acids is 2. The van der Waals surface area contributed by atoms with Crippen LogP contribution >= 0.6 is 23.1 Å². The monoisotopic (exact) mass is 434 g/mol. The number of halogens is 2. The average Bonchev–Trinajstić information content (AvgIpc) is 3.15. The van der Waals surface area contributed by atoms with E-state index in [0.717, 1.165) is 40.8 Å². The molecular formula is C19H16F2N4O2S2. The number of benzene rings is 2. The summed E-state index contributed by atoms with van der Waals surface area (Å²) in [6.45, 7) is 0. The largest absolute Gasteiger partial charge is 0.323 e. The molecule has 2 N–H and O–H groups in total. The molecule has 29 heavy (non-hydrogen) atoms. The maximum absolute atomic E-state index is 13.5. The molecule has 0 fully saturated rings. The number of aryl methyl sites for hydroxylation is 1. The molecule has 0 aliphatic rings. The van der Waals surface area contributed by atoms with E-state index < -0.39 is 17.5 Å². The topological polar surface area (TPSA) is 84.0 Å². The highest BCUT2D eigenvalue weighted by atomic mass is 32.2. The Labute approximate surface area is 173 Å². The lowest BCUT2D eigenvalue weighted by Gasteiger charge is -2.05. The molecule has 3 aromatic rings. The molecular weight excluding hydrogens is 418 g/mol. The first-order valence-corrected chi connectivity index (χ1v) is 10.3. The van der Waals surface area contributed by atoms with E-state index in [-0.39, 0.29) is 17.3 Å². The van der Waals surface area contributed by atoms with Crippen molar-refractivity contribution >= 4 is 45.7 Å². The van der Waals surface area contributed by atoms with Crippen LogP contribution in [0.2, 0.25) is 0 Å². The van der Waals surface area contributed by atoms with Crippen LogP contribution in [0.4, 0.5) is 19.6 Å². The van der Waals surface area contributed by atoms with Gasteiger partial charge in [0.25, 0.3) is 0 Å². The highest BCUT2D eigenvalue weighted by molar-refractivity contribution is 8.01. The summed E-state index contributed by atoms with van der Waals surface area (Å²) in [6.07, 6.45) is 0.935. The fourth-order valence-electron chi connectivity index (χ4n) is 2.31. The number of hydrogen-bond acceptors (Lipinski definition) is 6. The van der Waals surface area contributed by atoms with Gasteiger partial charge in [-0.25, -0.2) is 8.78 Å². The number of thioether (sulfide) groups is 1. The van der Waals surface area contributed by atoms with E-state index in [9.17, 15) is 18.4 Å². The fourth-order valence-corrected chi connectivity index (χ4v) is 3.88. The van der Waals surface area contributed by atoms with Crippen LogP contribution in [0.1, 0.15) is 12.0 Å². The van der Waals surface area contributed by atoms with Crippen LogP contribution in [-0.4, -0.2) is 27.8 Å². The van der Waals surface area contributed by atoms with Crippen LogP contribution in [0, 0.1) is 11.6 Å². The van der Waals surface area contributed by atoms with E-state index >= 15 is 0 Å². The Hall–Kier alpha value is -2.85. The van der Waals surface area contributed by atoms with Gasteiger partial charge < -0.3 is 10.6 Å². The summed E-state index contributed by atoms with van der Waals surface area (Å²) in [7, 11) is 0. The third-order valence-corrected chi connectivity index (χ3v) is 5.64. The zero-order valence-corrected chi connectivity index (χ0v) is 16.7. The highest BCUT2D eigenvalue weighted by Crippen LogP contribution is 2.26. The van der Waals surface area contributed by atoms with E-state index in [4.69, 9.17) is 0 Å². The normalized spacial score (nSPS) is 10.6. The van der Waals surface area contributed by atoms with Gasteiger partial charge in [0.1, 0.15) is 11.6 Å². The lowest BCUT2D eigenvalue weighted by molar-refractivity contribution is -0.116. The Morgan fingerprint density at radius 2 is 1.79 bits per heavy atom. The van der Waals surface area contributed by atoms with Gasteiger partial charge in [0.15, 0.2) is 4.34 Å². The van der Waals surface area contributed by atoms with Gasteiger partial charge in [-0.2, -0.15) is 0 Å². The van der Waals surface area contributed by atoms with E-state index in [1.165, 1.54) is 0 Å². The van der Waals surface area contributed by atoms with Crippen LogP contribution in [-0.2, 0) is 16.0 Å². The average molecular weight is 434 g/mol. The van der Waals surface area contributed by atoms with Crippen molar-refractivity contribution in [2.45, 2.75) is 17.2 Å². The first-order chi connectivity index (χ1) is 14.0. The Bertz CT molecular complexity index is 999. The van der Waals surface area contributed by atoms with Crippen LogP contribution in [0.3, 0.4) is 0 Å². The predicted molar refractivity (Wildman–Crippen MR) is 109 cm³/mol. The molecule has 3 rings (SSSR count). The van der Waals surface area contributed by atoms with Crippen molar-refractivity contribution in [3.05, 3.63) is 65.7 Å². The molecule has 6 nitrogen and oxygen atoms in total. The zero-order chi connectivity index (χ0) is 20.6. The molecule has 0 atom stereocenters. The molecule has 0 radical (unpaired) electrons. The maximum atomic E-state index is 13.5. The Kier molecular flexibility index (Phi) is 7.25. The summed E-state index contributed by atoms with van der Waals surface area (Å²) in [5.41, 5.74) is 0.973. The Morgan fingerprint density at radius 3 is 2.55 bits per heavy atom. The number of anilines is 2. The molecule has 0 saturated heterocycles. The third-order valence-electron chi connectivity index (χ3n) is 3.67. The lowest BCUT2D eigenvalue weighted by atomic mass is 10.1. The van der Waals surface area contributed by atoms with Gasteiger partial charge in [0, 0.05) is 12.5 Å². The predicted octanol–water partition coefficient (Wildman–Crippen LogP) is 4.12. The van der Waals surface area contributed by atoms with Gasteiger partial charge in [-0.1, -0.05) is 53.4 Å². The zero-order valence-electron chi connectivity index (χ0n) is 15.0. The Morgan fingerprint density at radius 1 is 1.00 bits per heavy atom. The molecule has 0 aliphatic heterocycles. The summed E-state index contributed by atoms with van der Waals surface area (Å²) in [6, 6.07) is 12.6. The standard InChI is InChI=1S/C19H16F2N4O2S2/c20-13-7-8-15(14(21)10-13)22-17(27)11-28-19-25-24-18(29-19)23-16(26)9-6-12-4-2-1-3-5-12/h1-5,7-8,10H,6,9,11H2,(H,22,27)(H,23,24,26). The first kappa shape index (κ1) is 20.9. The molecule has 0 spiro atoms. The second kappa shape index (κ2) is 10.1. The molecule has 0 unspecified atom stereocenters. The summed E-state index contributed by atoms with van der Waals surface area (Å²) in [4.78, 5) is 23.9. The second-order valence-corrected chi connectivity index (χ2v) is 8.07. The molecule has 150 valence electrons. The van der Waals surface area contributed by atoms with Crippen molar-refractivity contribution < 1.29 is 18.4 Å². The minimum atomic E-state index is -0.847. The maximum Gasteiger partial charge on any atom is 0.234 e. The summed E-state index contributed by atoms with van der Waals surface area (Å²) >= 11 is 2.24. The third kappa shape index (κ3) is 6.61. The minimum absolute atomic E-state index is 0.0343. The molecule has 2 amide bonds. The van der Waals surface area contributed by atoms with Gasteiger partial charge in [-0.3, -0.25) is 9.59 Å². The molecule has 0 bridgehead atoms. The first-order valence-electron chi connectivity index (χ1n) is 8.54. The fraction of sp³-hybridized carbons (Fsp3) is 0.158. The quantitative estimate of drug-likeness (QED) is 0.412. The number of hydrogen-bond donors (Lipinski definition) is 2. The van der Waals surface area contributed by atoms with Crippen LogP contribution in [0.25, 0.3) is 0 Å². The van der Waals surface area contributed by atoms with Gasteiger partial charge >= 0.3 is 0 Å². The number of rotatable bonds is 8. The molecule has 2 aromatic carbocycles. The van der Waals surface area contributed by atoms with Crippen LogP contribution in [0.15, 0.2) is 52.9 Å². The van der Waals surface area contributed by atoms with Crippen molar-refractivity contribution in [3.8, 4) is 0 Å². The molecule has 0 aliphatic carbocycles. The van der Waals surface area contributed by atoms with Crippen molar-refractivity contribution in [1.29, 1.82) is 0 Å². The van der Waals surface area contributed by atoms with Crippen LogP contribution in [0.5, 0.6) is 0 Å². The van der Waals surface area contributed by atoms with E-state index in [0.29, 0.717) is 28.4 Å². The van der Waals surface area contributed by atoms with Crippen molar-refractivity contribution in [1.82, 2.24) is 10.2 Å². The molecule has 1 heterocycles. The molecule has 0 saturated carbocycles. The number of nitrogens with zero attached hydrogens (tertiary/aromatic N) is 2. The van der Waals surface area contributed by atoms with Gasteiger partial charge in [-0.15, -0.1) is 10.2 Å². The summed E-state index contributed by atoms with van der Waals surface area (Å²) in [5, 5.41) is 13.2. The summed E-state index contributed by atoms with van der Waals surface area (Å²) < 4.78 is 26.9.